The van der Waals surface area contributed by atoms with Crippen LogP contribution in [0.2, 0.25) is 0 Å². The van der Waals surface area contributed by atoms with E-state index in [9.17, 15) is 5.11 Å². The monoisotopic (exact) mass is 311 g/mol. The summed E-state index contributed by atoms with van der Waals surface area (Å²) in [6.07, 6.45) is 0. The van der Waals surface area contributed by atoms with Crippen LogP contribution in [0.3, 0.4) is 0 Å². The first kappa shape index (κ1) is 13.2. The molecule has 0 spiro atoms. The van der Waals surface area contributed by atoms with Gasteiger partial charge < -0.3 is 9.84 Å². The van der Waals surface area contributed by atoms with E-state index < -0.39 is 5.60 Å². The molecule has 1 N–H and O–H groups in total. The van der Waals surface area contributed by atoms with Gasteiger partial charge in [0, 0.05) is 14.2 Å². The molecule has 1 unspecified atom stereocenters. The van der Waals surface area contributed by atoms with Crippen LogP contribution >= 0.6 is 15.9 Å². The summed E-state index contributed by atoms with van der Waals surface area (Å²) in [4.78, 5) is 0. The van der Waals surface area contributed by atoms with Crippen LogP contribution in [0.1, 0.15) is 11.3 Å². The molecule has 96 valence electrons. The maximum absolute atomic E-state index is 10.9. The predicted octanol–water partition coefficient (Wildman–Crippen LogP) is 1.46. The number of hydrogen-bond donors (Lipinski definition) is 1. The van der Waals surface area contributed by atoms with Crippen molar-refractivity contribution in [2.24, 2.45) is 7.05 Å². The van der Waals surface area contributed by atoms with Crippen LogP contribution in [0.25, 0.3) is 0 Å². The molecule has 0 aliphatic carbocycles. The van der Waals surface area contributed by atoms with Gasteiger partial charge in [-0.3, -0.25) is 0 Å². The first-order valence-electron chi connectivity index (χ1n) is 5.42. The molecule has 1 aromatic carbocycles. The maximum Gasteiger partial charge on any atom is 0.157 e. The summed E-state index contributed by atoms with van der Waals surface area (Å²) < 4.78 is 7.20. The Hall–Kier alpha value is -1.24. The minimum absolute atomic E-state index is 0.122. The van der Waals surface area contributed by atoms with Crippen LogP contribution in [0.4, 0.5) is 0 Å². The van der Waals surface area contributed by atoms with Gasteiger partial charge in [0.25, 0.3) is 0 Å². The van der Waals surface area contributed by atoms with E-state index in [-0.39, 0.29) is 6.61 Å². The third-order valence-corrected chi connectivity index (χ3v) is 3.32. The zero-order valence-electron chi connectivity index (χ0n) is 10.2. The fraction of sp³-hybridized carbons (Fsp3) is 0.333. The standard InChI is InChI=1S/C12H14BrN3O2/c1-16-10(11(13)14-15-16)12(17,8-18-2)9-6-4-3-5-7-9/h3-7,17H,8H2,1-2H3. The van der Waals surface area contributed by atoms with E-state index in [0.717, 1.165) is 5.56 Å². The normalized spacial score (nSPS) is 14.4. The second-order valence-electron chi connectivity index (χ2n) is 4.01. The number of rotatable bonds is 4. The van der Waals surface area contributed by atoms with Gasteiger partial charge in [-0.1, -0.05) is 35.5 Å². The first-order valence-corrected chi connectivity index (χ1v) is 6.21. The molecule has 1 aromatic heterocycles. The Kier molecular flexibility index (Phi) is 3.79. The molecule has 0 saturated carbocycles. The minimum Gasteiger partial charge on any atom is -0.381 e. The lowest BCUT2D eigenvalue weighted by Gasteiger charge is -2.27. The van der Waals surface area contributed by atoms with Crippen molar-refractivity contribution in [2.45, 2.75) is 5.60 Å². The van der Waals surface area contributed by atoms with Crippen LogP contribution in [0, 0.1) is 0 Å². The quantitative estimate of drug-likeness (QED) is 0.928. The van der Waals surface area contributed by atoms with E-state index in [0.29, 0.717) is 10.3 Å². The number of aromatic nitrogens is 3. The molecule has 2 rings (SSSR count). The third-order valence-electron chi connectivity index (χ3n) is 2.78. The molecule has 0 radical (unpaired) electrons. The summed E-state index contributed by atoms with van der Waals surface area (Å²) in [5.41, 5.74) is 0.0149. The number of benzene rings is 1. The van der Waals surface area contributed by atoms with E-state index >= 15 is 0 Å². The molecule has 0 saturated heterocycles. The average Bonchev–Trinajstić information content (AvgIpc) is 2.71. The summed E-state index contributed by atoms with van der Waals surface area (Å²) in [6.45, 7) is 0.122. The van der Waals surface area contributed by atoms with Gasteiger partial charge in [0.05, 0.1) is 6.61 Å². The lowest BCUT2D eigenvalue weighted by Crippen LogP contribution is -2.35. The van der Waals surface area contributed by atoms with Gasteiger partial charge in [-0.25, -0.2) is 4.68 Å². The van der Waals surface area contributed by atoms with Gasteiger partial charge in [0.1, 0.15) is 5.69 Å². The van der Waals surface area contributed by atoms with Crippen molar-refractivity contribution >= 4 is 15.9 Å². The molecule has 18 heavy (non-hydrogen) atoms. The van der Waals surface area contributed by atoms with Crippen molar-refractivity contribution in [3.63, 3.8) is 0 Å². The molecule has 1 heterocycles. The van der Waals surface area contributed by atoms with E-state index in [4.69, 9.17) is 4.74 Å². The SMILES string of the molecule is COCC(O)(c1ccccc1)c1c(Br)nnn1C. The fourth-order valence-electron chi connectivity index (χ4n) is 1.98. The van der Waals surface area contributed by atoms with Gasteiger partial charge in [0.15, 0.2) is 10.2 Å². The van der Waals surface area contributed by atoms with Crippen LogP contribution in [0.5, 0.6) is 0 Å². The molecule has 5 nitrogen and oxygen atoms in total. The Morgan fingerprint density at radius 2 is 2.06 bits per heavy atom. The average molecular weight is 312 g/mol. The molecular formula is C12H14BrN3O2. The van der Waals surface area contributed by atoms with E-state index in [2.05, 4.69) is 26.2 Å². The minimum atomic E-state index is -1.28. The molecular weight excluding hydrogens is 298 g/mol. The van der Waals surface area contributed by atoms with Crippen LogP contribution in [0.15, 0.2) is 34.9 Å². The molecule has 1 atom stereocenters. The highest BCUT2D eigenvalue weighted by molar-refractivity contribution is 9.10. The highest BCUT2D eigenvalue weighted by atomic mass is 79.9. The Bertz CT molecular complexity index is 510. The number of halogens is 1. The van der Waals surface area contributed by atoms with Crippen molar-refractivity contribution in [1.82, 2.24) is 15.0 Å². The summed E-state index contributed by atoms with van der Waals surface area (Å²) >= 11 is 3.31. The lowest BCUT2D eigenvalue weighted by molar-refractivity contribution is -0.00949. The van der Waals surface area contributed by atoms with Crippen molar-refractivity contribution in [1.29, 1.82) is 0 Å². The molecule has 0 aliphatic rings. The summed E-state index contributed by atoms with van der Waals surface area (Å²) in [5.74, 6) is 0. The van der Waals surface area contributed by atoms with Gasteiger partial charge in [-0.2, -0.15) is 0 Å². The van der Waals surface area contributed by atoms with Crippen molar-refractivity contribution in [3.05, 3.63) is 46.2 Å². The van der Waals surface area contributed by atoms with E-state index in [1.54, 1.807) is 14.2 Å². The Balaban J connectivity index is 2.58. The number of aryl methyl sites for hydroxylation is 1. The van der Waals surface area contributed by atoms with Gasteiger partial charge >= 0.3 is 0 Å². The van der Waals surface area contributed by atoms with Crippen LogP contribution in [-0.4, -0.2) is 33.8 Å². The van der Waals surface area contributed by atoms with Crippen molar-refractivity contribution in [2.75, 3.05) is 13.7 Å². The van der Waals surface area contributed by atoms with Gasteiger partial charge in [0.2, 0.25) is 0 Å². The topological polar surface area (TPSA) is 60.2 Å². The first-order chi connectivity index (χ1) is 8.59. The van der Waals surface area contributed by atoms with Crippen molar-refractivity contribution < 1.29 is 9.84 Å². The van der Waals surface area contributed by atoms with Crippen LogP contribution < -0.4 is 0 Å². The number of methoxy groups -OCH3 is 1. The maximum atomic E-state index is 10.9. The highest BCUT2D eigenvalue weighted by Crippen LogP contribution is 2.33. The Labute approximate surface area is 114 Å². The highest BCUT2D eigenvalue weighted by Gasteiger charge is 2.37. The predicted molar refractivity (Wildman–Crippen MR) is 70.0 cm³/mol. The molecule has 0 amide bonds. The second kappa shape index (κ2) is 5.17. The molecule has 0 bridgehead atoms. The van der Waals surface area contributed by atoms with Crippen molar-refractivity contribution in [3.8, 4) is 0 Å². The molecule has 2 aromatic rings. The largest absolute Gasteiger partial charge is 0.381 e. The smallest absolute Gasteiger partial charge is 0.157 e. The zero-order chi connectivity index (χ0) is 13.2. The fourth-order valence-corrected chi connectivity index (χ4v) is 2.64. The third kappa shape index (κ3) is 2.19. The Morgan fingerprint density at radius 3 is 2.56 bits per heavy atom. The molecule has 0 fully saturated rings. The second-order valence-corrected chi connectivity index (χ2v) is 4.76. The lowest BCUT2D eigenvalue weighted by atomic mass is 9.91. The Morgan fingerprint density at radius 1 is 1.39 bits per heavy atom. The van der Waals surface area contributed by atoms with E-state index in [1.807, 2.05) is 30.3 Å². The molecule has 0 aliphatic heterocycles. The number of aliphatic hydroxyl groups is 1. The number of ether oxygens (including phenoxy) is 1. The number of hydrogen-bond acceptors (Lipinski definition) is 4. The summed E-state index contributed by atoms with van der Waals surface area (Å²) in [7, 11) is 3.28. The summed E-state index contributed by atoms with van der Waals surface area (Å²) in [6, 6.07) is 9.32. The summed E-state index contributed by atoms with van der Waals surface area (Å²) in [5, 5.41) is 18.7. The van der Waals surface area contributed by atoms with Gasteiger partial charge in [-0.05, 0) is 21.5 Å². The zero-order valence-corrected chi connectivity index (χ0v) is 11.8. The molecule has 6 heteroatoms. The van der Waals surface area contributed by atoms with Gasteiger partial charge in [-0.15, -0.1) is 5.10 Å². The van der Waals surface area contributed by atoms with Crippen LogP contribution in [-0.2, 0) is 17.4 Å². The van der Waals surface area contributed by atoms with E-state index in [1.165, 1.54) is 4.68 Å². The number of nitrogens with zero attached hydrogens (tertiary/aromatic N) is 3.